The largest absolute Gasteiger partial charge is 0.379 e. The minimum absolute atomic E-state index is 0.877. The molecule has 0 aromatic heterocycles. The van der Waals surface area contributed by atoms with E-state index in [1.165, 1.54) is 10.5 Å². The Morgan fingerprint density at radius 3 is 2.87 bits per heavy atom. The quantitative estimate of drug-likeness (QED) is 0.729. The fourth-order valence-electron chi connectivity index (χ4n) is 1.79. The molecule has 1 fully saturated rings. The Kier molecular flexibility index (Phi) is 4.06. The third-order valence-electron chi connectivity index (χ3n) is 2.64. The highest BCUT2D eigenvalue weighted by atomic mass is 32.2. The smallest absolute Gasteiger partial charge is 0.0594 e. The molecule has 1 aliphatic heterocycles. The van der Waals surface area contributed by atoms with Crippen molar-refractivity contribution >= 4 is 11.8 Å². The molecule has 3 heteroatoms. The first kappa shape index (κ1) is 11.0. The molecule has 1 aliphatic rings. The minimum atomic E-state index is 0.877. The Morgan fingerprint density at radius 2 is 2.13 bits per heavy atom. The van der Waals surface area contributed by atoms with Gasteiger partial charge in [0.1, 0.15) is 0 Å². The van der Waals surface area contributed by atoms with Crippen molar-refractivity contribution in [2.24, 2.45) is 0 Å². The van der Waals surface area contributed by atoms with E-state index in [4.69, 9.17) is 4.74 Å². The number of benzene rings is 1. The Bertz CT molecular complexity index is 310. The van der Waals surface area contributed by atoms with Crippen LogP contribution in [0.25, 0.3) is 0 Å². The second-order valence-corrected chi connectivity index (χ2v) is 4.62. The summed E-state index contributed by atoms with van der Waals surface area (Å²) in [5, 5.41) is 0. The highest BCUT2D eigenvalue weighted by Crippen LogP contribution is 2.17. The van der Waals surface area contributed by atoms with Gasteiger partial charge in [-0.2, -0.15) is 0 Å². The van der Waals surface area contributed by atoms with Gasteiger partial charge in [-0.05, 0) is 24.0 Å². The lowest BCUT2D eigenvalue weighted by Crippen LogP contribution is -2.35. The highest BCUT2D eigenvalue weighted by Gasteiger charge is 2.10. The second kappa shape index (κ2) is 5.54. The molecule has 0 radical (unpaired) electrons. The number of morpholine rings is 1. The van der Waals surface area contributed by atoms with Gasteiger partial charge in [-0.15, -0.1) is 11.8 Å². The molecule has 0 bridgehead atoms. The van der Waals surface area contributed by atoms with Crippen LogP contribution in [-0.4, -0.2) is 37.5 Å². The monoisotopic (exact) mass is 223 g/mol. The molecule has 2 rings (SSSR count). The van der Waals surface area contributed by atoms with E-state index in [1.807, 2.05) is 0 Å². The predicted molar refractivity (Wildman–Crippen MR) is 64.3 cm³/mol. The van der Waals surface area contributed by atoms with Crippen molar-refractivity contribution in [3.8, 4) is 0 Å². The number of ether oxygens (including phenoxy) is 1. The van der Waals surface area contributed by atoms with E-state index in [2.05, 4.69) is 35.4 Å². The van der Waals surface area contributed by atoms with Crippen molar-refractivity contribution in [1.82, 2.24) is 4.90 Å². The van der Waals surface area contributed by atoms with Gasteiger partial charge in [-0.3, -0.25) is 4.90 Å². The van der Waals surface area contributed by atoms with Crippen molar-refractivity contribution in [2.75, 3.05) is 32.6 Å². The summed E-state index contributed by atoms with van der Waals surface area (Å²) < 4.78 is 5.34. The van der Waals surface area contributed by atoms with E-state index in [-0.39, 0.29) is 0 Å². The Balaban J connectivity index is 1.96. The zero-order valence-corrected chi connectivity index (χ0v) is 9.93. The molecule has 0 atom stereocenters. The summed E-state index contributed by atoms with van der Waals surface area (Å²) in [6.07, 6.45) is 2.12. The minimum Gasteiger partial charge on any atom is -0.379 e. The molecule has 0 unspecified atom stereocenters. The molecule has 82 valence electrons. The number of nitrogens with zero attached hydrogens (tertiary/aromatic N) is 1. The molecular weight excluding hydrogens is 206 g/mol. The van der Waals surface area contributed by atoms with Crippen LogP contribution in [0.1, 0.15) is 5.56 Å². The molecule has 0 saturated carbocycles. The number of hydrogen-bond donors (Lipinski definition) is 0. The van der Waals surface area contributed by atoms with Gasteiger partial charge in [0.05, 0.1) is 13.2 Å². The molecular formula is C12H17NOS. The van der Waals surface area contributed by atoms with Crippen molar-refractivity contribution in [3.05, 3.63) is 29.8 Å². The number of thioether (sulfide) groups is 1. The van der Waals surface area contributed by atoms with Crippen LogP contribution in [0.2, 0.25) is 0 Å². The van der Waals surface area contributed by atoms with Crippen LogP contribution in [0.5, 0.6) is 0 Å². The van der Waals surface area contributed by atoms with Crippen LogP contribution in [0.4, 0.5) is 0 Å². The first-order valence-corrected chi connectivity index (χ1v) is 6.54. The van der Waals surface area contributed by atoms with Crippen molar-refractivity contribution in [1.29, 1.82) is 0 Å². The molecule has 15 heavy (non-hydrogen) atoms. The van der Waals surface area contributed by atoms with Crippen molar-refractivity contribution < 1.29 is 4.74 Å². The van der Waals surface area contributed by atoms with E-state index < -0.39 is 0 Å². The molecule has 0 N–H and O–H groups in total. The van der Waals surface area contributed by atoms with Crippen molar-refractivity contribution in [3.63, 3.8) is 0 Å². The highest BCUT2D eigenvalue weighted by molar-refractivity contribution is 7.98. The lowest BCUT2D eigenvalue weighted by Gasteiger charge is -2.26. The van der Waals surface area contributed by atoms with Gasteiger partial charge in [0.2, 0.25) is 0 Å². The van der Waals surface area contributed by atoms with Gasteiger partial charge >= 0.3 is 0 Å². The van der Waals surface area contributed by atoms with Crippen LogP contribution in [0, 0.1) is 0 Å². The molecule has 1 saturated heterocycles. The fraction of sp³-hybridized carbons (Fsp3) is 0.500. The molecule has 0 spiro atoms. The van der Waals surface area contributed by atoms with Crippen LogP contribution in [0.15, 0.2) is 29.2 Å². The Morgan fingerprint density at radius 1 is 1.33 bits per heavy atom. The summed E-state index contributed by atoms with van der Waals surface area (Å²) in [4.78, 5) is 3.80. The summed E-state index contributed by atoms with van der Waals surface area (Å²) in [6.45, 7) is 4.93. The molecule has 2 nitrogen and oxygen atoms in total. The Hall–Kier alpha value is -0.510. The van der Waals surface area contributed by atoms with E-state index in [9.17, 15) is 0 Å². The van der Waals surface area contributed by atoms with E-state index in [0.29, 0.717) is 0 Å². The lowest BCUT2D eigenvalue weighted by molar-refractivity contribution is 0.0341. The second-order valence-electron chi connectivity index (χ2n) is 3.74. The molecule has 1 aromatic rings. The van der Waals surface area contributed by atoms with Crippen LogP contribution in [0.3, 0.4) is 0 Å². The standard InChI is InChI=1S/C12H17NOS/c1-15-12-4-2-3-11(9-12)10-13-5-7-14-8-6-13/h2-4,9H,5-8,10H2,1H3. The van der Waals surface area contributed by atoms with Crippen LogP contribution in [-0.2, 0) is 11.3 Å². The molecule has 0 amide bonds. The van der Waals surface area contributed by atoms with E-state index in [1.54, 1.807) is 11.8 Å². The maximum Gasteiger partial charge on any atom is 0.0594 e. The maximum atomic E-state index is 5.34. The first-order valence-electron chi connectivity index (χ1n) is 5.31. The molecule has 1 heterocycles. The normalized spacial score (nSPS) is 17.9. The van der Waals surface area contributed by atoms with Gasteiger partial charge in [-0.1, -0.05) is 12.1 Å². The van der Waals surface area contributed by atoms with Gasteiger partial charge in [0, 0.05) is 24.5 Å². The van der Waals surface area contributed by atoms with E-state index in [0.717, 1.165) is 32.8 Å². The average Bonchev–Trinajstić information content (AvgIpc) is 2.31. The third kappa shape index (κ3) is 3.23. The van der Waals surface area contributed by atoms with Gasteiger partial charge in [0.25, 0.3) is 0 Å². The Labute approximate surface area is 95.6 Å². The number of rotatable bonds is 3. The first-order chi connectivity index (χ1) is 7.38. The van der Waals surface area contributed by atoms with Crippen LogP contribution >= 0.6 is 11.8 Å². The lowest BCUT2D eigenvalue weighted by atomic mass is 10.2. The summed E-state index contributed by atoms with van der Waals surface area (Å²) in [5.41, 5.74) is 1.41. The van der Waals surface area contributed by atoms with Crippen LogP contribution < -0.4 is 0 Å². The molecule has 0 aliphatic carbocycles. The maximum absolute atomic E-state index is 5.34. The van der Waals surface area contributed by atoms with Gasteiger partial charge in [-0.25, -0.2) is 0 Å². The van der Waals surface area contributed by atoms with Gasteiger partial charge in [0.15, 0.2) is 0 Å². The SMILES string of the molecule is CSc1cccc(CN2CCOCC2)c1. The zero-order valence-electron chi connectivity index (χ0n) is 9.11. The average molecular weight is 223 g/mol. The van der Waals surface area contributed by atoms with Crippen molar-refractivity contribution in [2.45, 2.75) is 11.4 Å². The number of hydrogen-bond acceptors (Lipinski definition) is 3. The summed E-state index contributed by atoms with van der Waals surface area (Å²) in [5.74, 6) is 0. The summed E-state index contributed by atoms with van der Waals surface area (Å²) in [7, 11) is 0. The fourth-order valence-corrected chi connectivity index (χ4v) is 2.27. The zero-order chi connectivity index (χ0) is 10.5. The summed E-state index contributed by atoms with van der Waals surface area (Å²) in [6, 6.07) is 8.78. The topological polar surface area (TPSA) is 12.5 Å². The third-order valence-corrected chi connectivity index (χ3v) is 3.37. The van der Waals surface area contributed by atoms with E-state index >= 15 is 0 Å². The molecule has 1 aromatic carbocycles. The predicted octanol–water partition coefficient (Wildman–Crippen LogP) is 2.24. The summed E-state index contributed by atoms with van der Waals surface area (Å²) >= 11 is 1.80. The van der Waals surface area contributed by atoms with Gasteiger partial charge < -0.3 is 4.74 Å².